The highest BCUT2D eigenvalue weighted by atomic mass is 19.3. The monoisotopic (exact) mass is 328 g/mol. The normalized spacial score (nSPS) is 15.6. The lowest BCUT2D eigenvalue weighted by molar-refractivity contribution is -0.180. The molecule has 0 nitrogen and oxygen atoms in total. The van der Waals surface area contributed by atoms with Gasteiger partial charge in [0.15, 0.2) is 0 Å². The molecule has 0 amide bonds. The molecule has 0 aliphatic rings. The number of hydrogen-bond donors (Lipinski definition) is 0. The van der Waals surface area contributed by atoms with E-state index in [4.69, 9.17) is 0 Å². The first-order valence-electron chi connectivity index (χ1n) is 6.77. The van der Waals surface area contributed by atoms with Crippen molar-refractivity contribution in [2.24, 2.45) is 5.92 Å². The first-order valence-corrected chi connectivity index (χ1v) is 6.77. The highest BCUT2D eigenvalue weighted by Gasteiger charge is 2.52. The molecule has 0 spiro atoms. The Morgan fingerprint density at radius 2 is 1.33 bits per heavy atom. The van der Waals surface area contributed by atoms with Crippen molar-refractivity contribution < 1.29 is 35.1 Å². The summed E-state index contributed by atoms with van der Waals surface area (Å²) >= 11 is 0. The fourth-order valence-corrected chi connectivity index (χ4v) is 2.29. The molecule has 0 aliphatic carbocycles. The van der Waals surface area contributed by atoms with Crippen molar-refractivity contribution in [1.29, 1.82) is 0 Å². The van der Waals surface area contributed by atoms with Gasteiger partial charge in [0.2, 0.25) is 6.43 Å². The van der Waals surface area contributed by atoms with E-state index in [1.54, 1.807) is 6.92 Å². The molecule has 0 fully saturated rings. The van der Waals surface area contributed by atoms with E-state index in [0.29, 0.717) is 6.42 Å². The second-order valence-corrected chi connectivity index (χ2v) is 5.32. The lowest BCUT2D eigenvalue weighted by Crippen LogP contribution is -2.39. The average molecular weight is 328 g/mol. The zero-order chi connectivity index (χ0) is 16.9. The molecular formula is C13H20F8. The molecule has 0 aromatic heterocycles. The molecule has 1 unspecified atom stereocenters. The zero-order valence-electron chi connectivity index (χ0n) is 11.9. The van der Waals surface area contributed by atoms with Crippen LogP contribution in [0.2, 0.25) is 0 Å². The van der Waals surface area contributed by atoms with Crippen LogP contribution in [-0.4, -0.2) is 24.2 Å². The lowest BCUT2D eigenvalue weighted by Gasteiger charge is -2.31. The number of alkyl halides is 8. The average Bonchev–Trinajstić information content (AvgIpc) is 2.19. The number of hydrogen-bond acceptors (Lipinski definition) is 0. The first kappa shape index (κ1) is 20.4. The molecule has 0 saturated carbocycles. The van der Waals surface area contributed by atoms with Gasteiger partial charge in [-0.25, -0.2) is 35.1 Å². The molecule has 0 aromatic carbocycles. The van der Waals surface area contributed by atoms with E-state index < -0.39 is 49.4 Å². The molecule has 0 aromatic rings. The van der Waals surface area contributed by atoms with Gasteiger partial charge in [-0.1, -0.05) is 20.3 Å². The van der Waals surface area contributed by atoms with Gasteiger partial charge < -0.3 is 0 Å². The Morgan fingerprint density at radius 3 is 1.71 bits per heavy atom. The van der Waals surface area contributed by atoms with Crippen molar-refractivity contribution in [1.82, 2.24) is 0 Å². The van der Waals surface area contributed by atoms with Gasteiger partial charge in [0, 0.05) is 5.92 Å². The van der Waals surface area contributed by atoms with Crippen LogP contribution in [0, 0.1) is 5.92 Å². The van der Waals surface area contributed by atoms with Gasteiger partial charge >= 0.3 is 0 Å². The largest absolute Gasteiger partial charge is 0.259 e. The summed E-state index contributed by atoms with van der Waals surface area (Å²) < 4.78 is 104. The molecule has 1 atom stereocenters. The van der Waals surface area contributed by atoms with E-state index >= 15 is 0 Å². The topological polar surface area (TPSA) is 0 Å². The maximum absolute atomic E-state index is 13.7. The number of rotatable bonds is 10. The van der Waals surface area contributed by atoms with Gasteiger partial charge in [-0.15, -0.1) is 0 Å². The standard InChI is InChI=1S/C13H20F8/c1-3-5-9(4-2)13(20,21)8-12(18,19)7-11(16,17)6-10(14)15/h9-10H,3-8H2,1-2H3. The van der Waals surface area contributed by atoms with Crippen LogP contribution in [-0.2, 0) is 0 Å². The van der Waals surface area contributed by atoms with E-state index in [1.807, 2.05) is 0 Å². The van der Waals surface area contributed by atoms with E-state index in [-0.39, 0.29) is 12.8 Å². The van der Waals surface area contributed by atoms with Gasteiger partial charge in [-0.2, -0.15) is 0 Å². The maximum Gasteiger partial charge on any atom is 0.259 e. The van der Waals surface area contributed by atoms with Gasteiger partial charge in [0.25, 0.3) is 17.8 Å². The molecule has 0 aliphatic heterocycles. The Labute approximate surface area is 118 Å². The Balaban J connectivity index is 4.84. The zero-order valence-corrected chi connectivity index (χ0v) is 11.9. The summed E-state index contributed by atoms with van der Waals surface area (Å²) in [4.78, 5) is 0. The molecule has 0 bridgehead atoms. The summed E-state index contributed by atoms with van der Waals surface area (Å²) in [6, 6.07) is 0. The fraction of sp³-hybridized carbons (Fsp3) is 1.00. The number of halogens is 8. The highest BCUT2D eigenvalue weighted by Crippen LogP contribution is 2.44. The van der Waals surface area contributed by atoms with E-state index in [2.05, 4.69) is 0 Å². The third-order valence-electron chi connectivity index (χ3n) is 3.19. The van der Waals surface area contributed by atoms with Crippen LogP contribution in [0.5, 0.6) is 0 Å². The Hall–Kier alpha value is -0.560. The molecule has 0 N–H and O–H groups in total. The molecular weight excluding hydrogens is 308 g/mol. The molecule has 128 valence electrons. The molecule has 0 radical (unpaired) electrons. The van der Waals surface area contributed by atoms with Gasteiger partial charge in [0.1, 0.15) is 0 Å². The van der Waals surface area contributed by atoms with Crippen molar-refractivity contribution >= 4 is 0 Å². The minimum absolute atomic E-state index is 0.00694. The van der Waals surface area contributed by atoms with Gasteiger partial charge in [-0.3, -0.25) is 0 Å². The van der Waals surface area contributed by atoms with Crippen LogP contribution in [0.1, 0.15) is 52.4 Å². The third kappa shape index (κ3) is 7.85. The molecule has 0 rings (SSSR count). The second-order valence-electron chi connectivity index (χ2n) is 5.32. The minimum Gasteiger partial charge on any atom is -0.210 e. The summed E-state index contributed by atoms with van der Waals surface area (Å²) in [5, 5.41) is 0. The van der Waals surface area contributed by atoms with Crippen LogP contribution in [0.25, 0.3) is 0 Å². The van der Waals surface area contributed by atoms with Gasteiger partial charge in [-0.05, 0) is 12.8 Å². The second kappa shape index (κ2) is 7.63. The quantitative estimate of drug-likeness (QED) is 0.422. The molecule has 8 heteroatoms. The summed E-state index contributed by atoms with van der Waals surface area (Å²) in [5.41, 5.74) is 0. The molecule has 0 saturated heterocycles. The fourth-order valence-electron chi connectivity index (χ4n) is 2.29. The maximum atomic E-state index is 13.7. The lowest BCUT2D eigenvalue weighted by atomic mass is 9.88. The van der Waals surface area contributed by atoms with Crippen LogP contribution in [0.3, 0.4) is 0 Å². The highest BCUT2D eigenvalue weighted by molar-refractivity contribution is 4.86. The third-order valence-corrected chi connectivity index (χ3v) is 3.19. The van der Waals surface area contributed by atoms with Gasteiger partial charge in [0.05, 0.1) is 19.3 Å². The van der Waals surface area contributed by atoms with Crippen molar-refractivity contribution in [3.05, 3.63) is 0 Å². The van der Waals surface area contributed by atoms with Crippen molar-refractivity contribution in [3.8, 4) is 0 Å². The van der Waals surface area contributed by atoms with Crippen LogP contribution in [0.4, 0.5) is 35.1 Å². The minimum atomic E-state index is -4.40. The SMILES string of the molecule is CCCC(CC)C(F)(F)CC(F)(F)CC(F)(F)CC(F)F. The van der Waals surface area contributed by atoms with Crippen molar-refractivity contribution in [2.45, 2.75) is 76.6 Å². The van der Waals surface area contributed by atoms with Crippen LogP contribution in [0.15, 0.2) is 0 Å². The van der Waals surface area contributed by atoms with Crippen molar-refractivity contribution in [2.75, 3.05) is 0 Å². The summed E-state index contributed by atoms with van der Waals surface area (Å²) in [6.07, 6.45) is -9.58. The smallest absolute Gasteiger partial charge is 0.210 e. The predicted octanol–water partition coefficient (Wildman–Crippen LogP) is 6.15. The molecule has 0 heterocycles. The van der Waals surface area contributed by atoms with Crippen molar-refractivity contribution in [3.63, 3.8) is 0 Å². The Morgan fingerprint density at radius 1 is 0.810 bits per heavy atom. The molecule has 21 heavy (non-hydrogen) atoms. The first-order chi connectivity index (χ1) is 9.35. The summed E-state index contributed by atoms with van der Waals surface area (Å²) in [7, 11) is 0. The van der Waals surface area contributed by atoms with E-state index in [0.717, 1.165) is 0 Å². The van der Waals surface area contributed by atoms with Crippen LogP contribution < -0.4 is 0 Å². The van der Waals surface area contributed by atoms with E-state index in [9.17, 15) is 35.1 Å². The Bertz CT molecular complexity index is 301. The van der Waals surface area contributed by atoms with E-state index in [1.165, 1.54) is 6.92 Å². The predicted molar refractivity (Wildman–Crippen MR) is 63.4 cm³/mol. The Kier molecular flexibility index (Phi) is 7.42. The summed E-state index contributed by atoms with van der Waals surface area (Å²) in [5.74, 6) is -13.9. The summed E-state index contributed by atoms with van der Waals surface area (Å²) in [6.45, 7) is 3.01. The van der Waals surface area contributed by atoms with Crippen LogP contribution >= 0.6 is 0 Å².